The predicted molar refractivity (Wildman–Crippen MR) is 103 cm³/mol. The summed E-state index contributed by atoms with van der Waals surface area (Å²) >= 11 is 0. The number of aliphatic hydroxyl groups is 1. The van der Waals surface area contributed by atoms with Crippen molar-refractivity contribution in [2.75, 3.05) is 12.4 Å². The van der Waals surface area contributed by atoms with Crippen LogP contribution in [-0.4, -0.2) is 27.4 Å². The second kappa shape index (κ2) is 8.12. The Morgan fingerprint density at radius 3 is 2.67 bits per heavy atom. The molecule has 27 heavy (non-hydrogen) atoms. The molecular weight excluding hydrogens is 395 g/mol. The number of hydrogen-bond donors (Lipinski definition) is 2. The number of benzene rings is 1. The van der Waals surface area contributed by atoms with Crippen molar-refractivity contribution in [3.8, 4) is 5.95 Å². The standard InChI is InChI=1S/C18H19F3N3OS2/c1-11-7-12(2)16(10-27-26-6-5-25)24(9-11)17-22-14-4-3-13(18(19,20)21)8-15(14)23-17/h3-4,7-9,25H,5-6,10H2,1-2H3,(H,22,23)/q+1. The molecule has 2 N–H and O–H groups in total. The number of H-pyrrole nitrogens is 1. The molecule has 1 aromatic carbocycles. The first-order valence-corrected chi connectivity index (χ1v) is 10.7. The second-order valence-corrected chi connectivity index (χ2v) is 8.70. The monoisotopic (exact) mass is 414 g/mol. The number of aromatic nitrogens is 3. The number of aryl methyl sites for hydroxylation is 2. The molecule has 0 aliphatic heterocycles. The van der Waals surface area contributed by atoms with E-state index in [1.165, 1.54) is 6.07 Å². The minimum Gasteiger partial charge on any atom is -0.395 e. The third kappa shape index (κ3) is 4.59. The van der Waals surface area contributed by atoms with Gasteiger partial charge in [0.25, 0.3) is 0 Å². The van der Waals surface area contributed by atoms with E-state index in [2.05, 4.69) is 16.0 Å². The summed E-state index contributed by atoms with van der Waals surface area (Å²) in [6, 6.07) is 5.57. The third-order valence-electron chi connectivity index (χ3n) is 4.00. The molecule has 0 atom stereocenters. The van der Waals surface area contributed by atoms with Gasteiger partial charge in [0.2, 0.25) is 0 Å². The van der Waals surface area contributed by atoms with E-state index in [-0.39, 0.29) is 6.61 Å². The summed E-state index contributed by atoms with van der Waals surface area (Å²) in [5.41, 5.74) is 3.24. The predicted octanol–water partition coefficient (Wildman–Crippen LogP) is 4.35. The van der Waals surface area contributed by atoms with Gasteiger partial charge in [-0.2, -0.15) is 13.2 Å². The van der Waals surface area contributed by atoms with Crippen LogP contribution in [0.5, 0.6) is 0 Å². The number of pyridine rings is 1. The lowest BCUT2D eigenvalue weighted by Crippen LogP contribution is -2.38. The summed E-state index contributed by atoms with van der Waals surface area (Å²) < 4.78 is 40.8. The molecule has 3 rings (SSSR count). The Balaban J connectivity index is 2.02. The summed E-state index contributed by atoms with van der Waals surface area (Å²) in [5, 5.41) is 8.91. The molecule has 144 valence electrons. The highest BCUT2D eigenvalue weighted by atomic mass is 33.1. The van der Waals surface area contributed by atoms with Gasteiger partial charge < -0.3 is 5.11 Å². The van der Waals surface area contributed by atoms with Gasteiger partial charge in [0.05, 0.1) is 29.8 Å². The molecule has 0 radical (unpaired) electrons. The zero-order valence-electron chi connectivity index (χ0n) is 14.8. The molecule has 2 aromatic heterocycles. The Labute approximate surface area is 162 Å². The molecule has 0 unspecified atom stereocenters. The quantitative estimate of drug-likeness (QED) is 0.358. The van der Waals surface area contributed by atoms with Crippen molar-refractivity contribution in [3.05, 3.63) is 52.8 Å². The number of nitrogens with zero attached hydrogens (tertiary/aromatic N) is 2. The van der Waals surface area contributed by atoms with Gasteiger partial charge in [-0.1, -0.05) is 32.6 Å². The van der Waals surface area contributed by atoms with Crippen molar-refractivity contribution in [1.82, 2.24) is 9.97 Å². The molecule has 4 nitrogen and oxygen atoms in total. The maximum atomic E-state index is 13.0. The van der Waals surface area contributed by atoms with Crippen molar-refractivity contribution in [1.29, 1.82) is 0 Å². The number of alkyl halides is 3. The molecule has 9 heteroatoms. The van der Waals surface area contributed by atoms with E-state index >= 15 is 0 Å². The summed E-state index contributed by atoms with van der Waals surface area (Å²) in [7, 11) is 3.19. The summed E-state index contributed by atoms with van der Waals surface area (Å²) in [4.78, 5) is 7.49. The van der Waals surface area contributed by atoms with Crippen LogP contribution in [0.1, 0.15) is 22.4 Å². The third-order valence-corrected chi connectivity index (χ3v) is 6.26. The van der Waals surface area contributed by atoms with Gasteiger partial charge in [-0.25, -0.2) is 9.55 Å². The molecule has 0 amide bonds. The molecule has 0 bridgehead atoms. The van der Waals surface area contributed by atoms with E-state index < -0.39 is 11.7 Å². The molecule has 0 saturated heterocycles. The van der Waals surface area contributed by atoms with Gasteiger partial charge in [0.1, 0.15) is 5.52 Å². The number of aromatic amines is 1. The molecule has 0 aliphatic carbocycles. The molecule has 3 aromatic rings. The maximum absolute atomic E-state index is 13.0. The molecule has 0 saturated carbocycles. The zero-order valence-corrected chi connectivity index (χ0v) is 16.4. The van der Waals surface area contributed by atoms with Gasteiger partial charge in [-0.3, -0.25) is 0 Å². The number of fused-ring (bicyclic) bond motifs is 1. The lowest BCUT2D eigenvalue weighted by molar-refractivity contribution is -0.611. The van der Waals surface area contributed by atoms with E-state index in [1.54, 1.807) is 21.6 Å². The van der Waals surface area contributed by atoms with Gasteiger partial charge in [-0.05, 0) is 43.2 Å². The van der Waals surface area contributed by atoms with Crippen molar-refractivity contribution in [2.24, 2.45) is 0 Å². The molecule has 0 fully saturated rings. The minimum atomic E-state index is -4.39. The maximum Gasteiger partial charge on any atom is 0.416 e. The first-order chi connectivity index (χ1) is 12.8. The number of aliphatic hydroxyl groups excluding tert-OH is 1. The lowest BCUT2D eigenvalue weighted by Gasteiger charge is -2.10. The van der Waals surface area contributed by atoms with E-state index in [1.807, 2.05) is 24.6 Å². The molecule has 0 aliphatic rings. The Kier molecular flexibility index (Phi) is 6.02. The fourth-order valence-electron chi connectivity index (χ4n) is 2.79. The second-order valence-electron chi connectivity index (χ2n) is 6.12. The number of imidazole rings is 1. The van der Waals surface area contributed by atoms with E-state index in [0.29, 0.717) is 28.5 Å². The van der Waals surface area contributed by atoms with E-state index in [9.17, 15) is 13.2 Å². The summed E-state index contributed by atoms with van der Waals surface area (Å²) in [6.45, 7) is 4.08. The van der Waals surface area contributed by atoms with Crippen LogP contribution >= 0.6 is 21.6 Å². The summed E-state index contributed by atoms with van der Waals surface area (Å²) in [6.07, 6.45) is -2.47. The Morgan fingerprint density at radius 2 is 1.96 bits per heavy atom. The number of rotatable bonds is 6. The lowest BCUT2D eigenvalue weighted by atomic mass is 10.2. The van der Waals surface area contributed by atoms with Crippen molar-refractivity contribution in [3.63, 3.8) is 0 Å². The van der Waals surface area contributed by atoms with Gasteiger partial charge in [0, 0.05) is 5.75 Å². The van der Waals surface area contributed by atoms with E-state index in [0.717, 1.165) is 29.0 Å². The zero-order chi connectivity index (χ0) is 19.6. The molecular formula is C18H19F3N3OS2+. The first kappa shape index (κ1) is 20.0. The number of nitrogens with one attached hydrogen (secondary N) is 1. The Hall–Kier alpha value is -1.71. The van der Waals surface area contributed by atoms with Gasteiger partial charge in [-0.15, -0.1) is 0 Å². The van der Waals surface area contributed by atoms with Crippen LogP contribution in [0.15, 0.2) is 30.5 Å². The minimum absolute atomic E-state index is 0.121. The number of hydrogen-bond acceptors (Lipinski definition) is 4. The Bertz CT molecular complexity index is 957. The van der Waals surface area contributed by atoms with Crippen LogP contribution in [0.3, 0.4) is 0 Å². The fraction of sp³-hybridized carbons (Fsp3) is 0.333. The topological polar surface area (TPSA) is 52.8 Å². The highest BCUT2D eigenvalue weighted by Gasteiger charge is 2.31. The normalized spacial score (nSPS) is 12.1. The molecule has 2 heterocycles. The highest BCUT2D eigenvalue weighted by molar-refractivity contribution is 8.76. The first-order valence-electron chi connectivity index (χ1n) is 8.24. The van der Waals surface area contributed by atoms with Crippen molar-refractivity contribution >= 4 is 32.6 Å². The van der Waals surface area contributed by atoms with Gasteiger partial charge >= 0.3 is 12.1 Å². The van der Waals surface area contributed by atoms with Crippen molar-refractivity contribution < 1.29 is 22.8 Å². The average molecular weight is 414 g/mol. The van der Waals surface area contributed by atoms with Crippen LogP contribution in [0.25, 0.3) is 17.0 Å². The van der Waals surface area contributed by atoms with Crippen LogP contribution < -0.4 is 4.57 Å². The average Bonchev–Trinajstić information content (AvgIpc) is 3.02. The van der Waals surface area contributed by atoms with Crippen LogP contribution in [-0.2, 0) is 11.9 Å². The largest absolute Gasteiger partial charge is 0.416 e. The van der Waals surface area contributed by atoms with Crippen molar-refractivity contribution in [2.45, 2.75) is 25.8 Å². The van der Waals surface area contributed by atoms with E-state index in [4.69, 9.17) is 5.11 Å². The fourth-order valence-corrected chi connectivity index (χ4v) is 4.70. The smallest absolute Gasteiger partial charge is 0.395 e. The van der Waals surface area contributed by atoms with Crippen LogP contribution in [0.2, 0.25) is 0 Å². The highest BCUT2D eigenvalue weighted by Crippen LogP contribution is 2.31. The Morgan fingerprint density at radius 1 is 1.19 bits per heavy atom. The summed E-state index contributed by atoms with van der Waals surface area (Å²) in [5.74, 6) is 1.81. The molecule has 0 spiro atoms. The SMILES string of the molecule is Cc1cc(C)c(CSSCCO)[n+](-c2nc3ccc(C(F)(F)F)cc3[nH]2)c1. The van der Waals surface area contributed by atoms with Crippen LogP contribution in [0, 0.1) is 13.8 Å². The number of halogens is 3. The van der Waals surface area contributed by atoms with Crippen LogP contribution in [0.4, 0.5) is 13.2 Å². The van der Waals surface area contributed by atoms with Gasteiger partial charge in [0.15, 0.2) is 5.52 Å².